The first-order valence-electron chi connectivity index (χ1n) is 5.50. The number of aromatic nitrogens is 4. The average Bonchev–Trinajstić information content (AvgIpc) is 2.74. The number of rotatable bonds is 2. The zero-order valence-electron chi connectivity index (χ0n) is 9.54. The van der Waals surface area contributed by atoms with Crippen LogP contribution in [0.25, 0.3) is 11.0 Å². The molecule has 0 aliphatic heterocycles. The van der Waals surface area contributed by atoms with Crippen molar-refractivity contribution in [3.05, 3.63) is 54.1 Å². The first kappa shape index (κ1) is 9.96. The van der Waals surface area contributed by atoms with Gasteiger partial charge in [0.25, 0.3) is 0 Å². The zero-order valence-corrected chi connectivity index (χ0v) is 9.54. The molecule has 0 saturated carbocycles. The molecule has 4 heteroatoms. The highest BCUT2D eigenvalue weighted by Crippen LogP contribution is 2.16. The Morgan fingerprint density at radius 1 is 1.12 bits per heavy atom. The fraction of sp³-hybridized carbons (Fsp3) is 0.154. The van der Waals surface area contributed by atoms with Crippen molar-refractivity contribution >= 4 is 11.0 Å². The van der Waals surface area contributed by atoms with Gasteiger partial charge in [-0.05, 0) is 5.56 Å². The maximum absolute atomic E-state index is 4.35. The second-order valence-electron chi connectivity index (χ2n) is 3.99. The fourth-order valence-corrected chi connectivity index (χ4v) is 1.94. The molecule has 0 N–H and O–H groups in total. The van der Waals surface area contributed by atoms with Gasteiger partial charge in [0.05, 0.1) is 17.3 Å². The predicted octanol–water partition coefficient (Wildman–Crippen LogP) is 1.95. The lowest BCUT2D eigenvalue weighted by Crippen LogP contribution is -1.96. The summed E-state index contributed by atoms with van der Waals surface area (Å²) in [6.07, 6.45) is 4.24. The molecule has 17 heavy (non-hydrogen) atoms. The Labute approximate surface area is 98.9 Å². The molecule has 3 aromatic rings. The standard InChI is InChI=1S/C13H12N4/c1-17-13-11(8-16-17)12(14-9-15-13)7-10-5-3-2-4-6-10/h2-6,8-9H,7H2,1H3. The lowest BCUT2D eigenvalue weighted by molar-refractivity contribution is 0.785. The van der Waals surface area contributed by atoms with Gasteiger partial charge >= 0.3 is 0 Å². The van der Waals surface area contributed by atoms with Crippen LogP contribution in [-0.4, -0.2) is 19.7 Å². The van der Waals surface area contributed by atoms with E-state index in [4.69, 9.17) is 0 Å². The van der Waals surface area contributed by atoms with E-state index in [0.717, 1.165) is 23.1 Å². The molecule has 1 aromatic carbocycles. The Kier molecular flexibility index (Phi) is 2.33. The summed E-state index contributed by atoms with van der Waals surface area (Å²) in [6, 6.07) is 10.3. The van der Waals surface area contributed by atoms with E-state index >= 15 is 0 Å². The molecule has 0 aliphatic carbocycles. The molecule has 0 atom stereocenters. The topological polar surface area (TPSA) is 43.6 Å². The Morgan fingerprint density at radius 2 is 1.94 bits per heavy atom. The van der Waals surface area contributed by atoms with E-state index in [1.165, 1.54) is 5.56 Å². The minimum absolute atomic E-state index is 0.811. The highest BCUT2D eigenvalue weighted by molar-refractivity contribution is 5.77. The maximum Gasteiger partial charge on any atom is 0.161 e. The summed E-state index contributed by atoms with van der Waals surface area (Å²) < 4.78 is 1.77. The van der Waals surface area contributed by atoms with Crippen molar-refractivity contribution in [1.82, 2.24) is 19.7 Å². The van der Waals surface area contributed by atoms with Crippen LogP contribution in [0.2, 0.25) is 0 Å². The molecular formula is C13H12N4. The van der Waals surface area contributed by atoms with Gasteiger partial charge in [-0.1, -0.05) is 30.3 Å². The van der Waals surface area contributed by atoms with Gasteiger partial charge in [-0.3, -0.25) is 4.68 Å². The summed E-state index contributed by atoms with van der Waals surface area (Å²) in [5.74, 6) is 0. The summed E-state index contributed by atoms with van der Waals surface area (Å²) in [7, 11) is 1.89. The normalized spacial score (nSPS) is 10.9. The van der Waals surface area contributed by atoms with E-state index in [9.17, 15) is 0 Å². The number of fused-ring (bicyclic) bond motifs is 1. The van der Waals surface area contributed by atoms with Gasteiger partial charge < -0.3 is 0 Å². The van der Waals surface area contributed by atoms with Crippen molar-refractivity contribution in [3.8, 4) is 0 Å². The second-order valence-corrected chi connectivity index (χ2v) is 3.99. The van der Waals surface area contributed by atoms with Crippen molar-refractivity contribution < 1.29 is 0 Å². The highest BCUT2D eigenvalue weighted by Gasteiger charge is 2.07. The first-order valence-corrected chi connectivity index (χ1v) is 5.50. The van der Waals surface area contributed by atoms with E-state index in [1.54, 1.807) is 11.0 Å². The van der Waals surface area contributed by atoms with Crippen molar-refractivity contribution in [2.45, 2.75) is 6.42 Å². The monoisotopic (exact) mass is 224 g/mol. The van der Waals surface area contributed by atoms with Gasteiger partial charge in [-0.2, -0.15) is 5.10 Å². The van der Waals surface area contributed by atoms with E-state index in [0.29, 0.717) is 0 Å². The van der Waals surface area contributed by atoms with Crippen LogP contribution in [-0.2, 0) is 13.5 Å². The molecule has 3 rings (SSSR count). The average molecular weight is 224 g/mol. The third kappa shape index (κ3) is 1.78. The third-order valence-corrected chi connectivity index (χ3v) is 2.83. The van der Waals surface area contributed by atoms with Gasteiger partial charge in [0.15, 0.2) is 5.65 Å². The molecule has 2 aromatic heterocycles. The van der Waals surface area contributed by atoms with Crippen molar-refractivity contribution in [3.63, 3.8) is 0 Å². The van der Waals surface area contributed by atoms with Crippen LogP contribution < -0.4 is 0 Å². The Balaban J connectivity index is 2.06. The predicted molar refractivity (Wildman–Crippen MR) is 65.6 cm³/mol. The molecule has 2 heterocycles. The molecule has 0 unspecified atom stereocenters. The van der Waals surface area contributed by atoms with Gasteiger partial charge in [0, 0.05) is 13.5 Å². The van der Waals surface area contributed by atoms with Crippen LogP contribution in [0.3, 0.4) is 0 Å². The lowest BCUT2D eigenvalue weighted by atomic mass is 10.1. The van der Waals surface area contributed by atoms with Crippen molar-refractivity contribution in [2.24, 2.45) is 7.05 Å². The second kappa shape index (κ2) is 3.97. The fourth-order valence-electron chi connectivity index (χ4n) is 1.94. The summed E-state index contributed by atoms with van der Waals surface area (Å²) in [5.41, 5.74) is 3.15. The Bertz CT molecular complexity index is 643. The van der Waals surface area contributed by atoms with Gasteiger partial charge in [0.1, 0.15) is 6.33 Å². The molecule has 0 fully saturated rings. The molecular weight excluding hydrogens is 212 g/mol. The SMILES string of the molecule is Cn1ncc2c(Cc3ccccc3)ncnc21. The van der Waals surface area contributed by atoms with Crippen LogP contribution in [0, 0.1) is 0 Å². The largest absolute Gasteiger partial charge is 0.250 e. The number of hydrogen-bond donors (Lipinski definition) is 0. The van der Waals surface area contributed by atoms with E-state index in [1.807, 2.05) is 31.4 Å². The number of aryl methyl sites for hydroxylation is 1. The number of hydrogen-bond acceptors (Lipinski definition) is 3. The van der Waals surface area contributed by atoms with Gasteiger partial charge in [-0.15, -0.1) is 0 Å². The molecule has 0 spiro atoms. The first-order chi connectivity index (χ1) is 8.34. The van der Waals surface area contributed by atoms with E-state index in [-0.39, 0.29) is 0 Å². The maximum atomic E-state index is 4.35. The molecule has 4 nitrogen and oxygen atoms in total. The van der Waals surface area contributed by atoms with Gasteiger partial charge in [0.2, 0.25) is 0 Å². The molecule has 0 saturated heterocycles. The third-order valence-electron chi connectivity index (χ3n) is 2.83. The van der Waals surface area contributed by atoms with Crippen LogP contribution >= 0.6 is 0 Å². The minimum atomic E-state index is 0.811. The number of benzene rings is 1. The highest BCUT2D eigenvalue weighted by atomic mass is 15.3. The van der Waals surface area contributed by atoms with E-state index < -0.39 is 0 Å². The zero-order chi connectivity index (χ0) is 11.7. The number of nitrogens with zero attached hydrogens (tertiary/aromatic N) is 4. The summed E-state index contributed by atoms with van der Waals surface area (Å²) >= 11 is 0. The van der Waals surface area contributed by atoms with Crippen LogP contribution in [0.15, 0.2) is 42.9 Å². The Hall–Kier alpha value is -2.23. The molecule has 0 radical (unpaired) electrons. The van der Waals surface area contributed by atoms with Gasteiger partial charge in [-0.25, -0.2) is 9.97 Å². The van der Waals surface area contributed by atoms with Crippen LogP contribution in [0.4, 0.5) is 0 Å². The van der Waals surface area contributed by atoms with E-state index in [2.05, 4.69) is 27.2 Å². The molecule has 0 amide bonds. The summed E-state index contributed by atoms with van der Waals surface area (Å²) in [4.78, 5) is 8.58. The summed E-state index contributed by atoms with van der Waals surface area (Å²) in [6.45, 7) is 0. The quantitative estimate of drug-likeness (QED) is 0.668. The Morgan fingerprint density at radius 3 is 2.76 bits per heavy atom. The lowest BCUT2D eigenvalue weighted by Gasteiger charge is -2.02. The van der Waals surface area contributed by atoms with Crippen molar-refractivity contribution in [1.29, 1.82) is 0 Å². The van der Waals surface area contributed by atoms with Crippen LogP contribution in [0.1, 0.15) is 11.3 Å². The smallest absolute Gasteiger partial charge is 0.161 e. The van der Waals surface area contributed by atoms with Crippen molar-refractivity contribution in [2.75, 3.05) is 0 Å². The molecule has 0 aliphatic rings. The summed E-state index contributed by atoms with van der Waals surface area (Å²) in [5, 5.41) is 5.24. The molecule has 84 valence electrons. The van der Waals surface area contributed by atoms with Crippen LogP contribution in [0.5, 0.6) is 0 Å². The minimum Gasteiger partial charge on any atom is -0.250 e. The molecule has 0 bridgehead atoms.